The molecule has 5 rings (SSSR count). The Bertz CT molecular complexity index is 1500. The van der Waals surface area contributed by atoms with E-state index in [-0.39, 0.29) is 0 Å². The molecular weight excluding hydrogens is 586 g/mol. The summed E-state index contributed by atoms with van der Waals surface area (Å²) in [7, 11) is 0. The second-order valence-electron chi connectivity index (χ2n) is 9.95. The van der Waals surface area contributed by atoms with Crippen LogP contribution in [0.3, 0.4) is 0 Å². The van der Waals surface area contributed by atoms with E-state index >= 15 is 0 Å². The zero-order valence-corrected chi connectivity index (χ0v) is 25.1. The van der Waals surface area contributed by atoms with E-state index in [1.165, 1.54) is 0 Å². The minimum absolute atomic E-state index is 0.369. The monoisotopic (exact) mass is 619 g/mol. The van der Waals surface area contributed by atoms with Crippen LogP contribution >= 0.6 is 11.8 Å². The Hall–Kier alpha value is -5.18. The van der Waals surface area contributed by atoms with Gasteiger partial charge >= 0.3 is 17.9 Å². The summed E-state index contributed by atoms with van der Waals surface area (Å²) in [5, 5.41) is 14.8. The van der Waals surface area contributed by atoms with Gasteiger partial charge < -0.3 is 20.7 Å². The number of esters is 1. The maximum atomic E-state index is 13.5. The number of aliphatic carboxylic acids is 2. The standard InChI is InChI=1S/C35H31NO2S.C2H2O4/c36-32(34(37)38-33(27-16-6-1-7-17-27)28-18-8-2-9-19-28)26-39-35(29-20-10-3-11-21-29,30-22-12-4-13-23-30)31-24-14-5-15-25-31;3-1(4)2(5)6/h1-25,32-33H,26,36H2;(H,3,4)(H,5,6). The number of rotatable bonds is 10. The summed E-state index contributed by atoms with van der Waals surface area (Å²) in [5.41, 5.74) is 11.8. The van der Waals surface area contributed by atoms with Gasteiger partial charge in [-0.3, -0.25) is 4.79 Å². The van der Waals surface area contributed by atoms with Crippen molar-refractivity contribution in [3.63, 3.8) is 0 Å². The number of carbonyl (C=O) groups is 3. The fraction of sp³-hybridized carbons (Fsp3) is 0.108. The topological polar surface area (TPSA) is 127 Å². The predicted octanol–water partition coefficient (Wildman–Crippen LogP) is 6.53. The van der Waals surface area contributed by atoms with Crippen LogP contribution in [0.4, 0.5) is 0 Å². The van der Waals surface area contributed by atoms with E-state index in [0.717, 1.165) is 27.8 Å². The average molecular weight is 620 g/mol. The molecule has 0 bridgehead atoms. The number of thioether (sulfide) groups is 1. The lowest BCUT2D eigenvalue weighted by Gasteiger charge is -2.36. The van der Waals surface area contributed by atoms with E-state index < -0.39 is 34.8 Å². The number of hydrogen-bond acceptors (Lipinski definition) is 6. The van der Waals surface area contributed by atoms with Gasteiger partial charge in [0.05, 0.1) is 4.75 Å². The van der Waals surface area contributed by atoms with Crippen molar-refractivity contribution < 1.29 is 29.3 Å². The van der Waals surface area contributed by atoms with E-state index in [0.29, 0.717) is 5.75 Å². The van der Waals surface area contributed by atoms with E-state index in [2.05, 4.69) is 72.8 Å². The van der Waals surface area contributed by atoms with Crippen molar-refractivity contribution >= 4 is 29.7 Å². The van der Waals surface area contributed by atoms with Crippen LogP contribution in [0, 0.1) is 0 Å². The molecule has 7 nitrogen and oxygen atoms in total. The van der Waals surface area contributed by atoms with Gasteiger partial charge in [-0.05, 0) is 27.8 Å². The third kappa shape index (κ3) is 8.47. The molecule has 0 amide bonds. The fourth-order valence-electron chi connectivity index (χ4n) is 4.84. The molecule has 1 unspecified atom stereocenters. The molecule has 0 aromatic heterocycles. The van der Waals surface area contributed by atoms with Crippen molar-refractivity contribution in [1.82, 2.24) is 0 Å². The highest BCUT2D eigenvalue weighted by molar-refractivity contribution is 8.00. The Kier molecular flexibility index (Phi) is 11.7. The Morgan fingerprint density at radius 3 is 1.20 bits per heavy atom. The predicted molar refractivity (Wildman–Crippen MR) is 176 cm³/mol. The van der Waals surface area contributed by atoms with Gasteiger partial charge in [-0.1, -0.05) is 152 Å². The lowest BCUT2D eigenvalue weighted by molar-refractivity contribution is -0.159. The van der Waals surface area contributed by atoms with Crippen molar-refractivity contribution in [3.05, 3.63) is 179 Å². The number of carboxylic acids is 2. The summed E-state index contributed by atoms with van der Waals surface area (Å²) in [6.45, 7) is 0. The summed E-state index contributed by atoms with van der Waals surface area (Å²) in [5.74, 6) is -3.71. The summed E-state index contributed by atoms with van der Waals surface area (Å²) < 4.78 is 5.53. The van der Waals surface area contributed by atoms with Crippen molar-refractivity contribution in [2.24, 2.45) is 5.73 Å². The third-order valence-corrected chi connectivity index (χ3v) is 8.61. The van der Waals surface area contributed by atoms with Crippen LogP contribution in [-0.2, 0) is 23.9 Å². The molecule has 0 saturated heterocycles. The van der Waals surface area contributed by atoms with Crippen LogP contribution in [0.1, 0.15) is 33.9 Å². The van der Waals surface area contributed by atoms with E-state index in [4.69, 9.17) is 30.3 Å². The average Bonchev–Trinajstić information content (AvgIpc) is 3.09. The van der Waals surface area contributed by atoms with Crippen LogP contribution in [0.25, 0.3) is 0 Å². The largest absolute Gasteiger partial charge is 0.473 e. The highest BCUT2D eigenvalue weighted by Crippen LogP contribution is 2.48. The Balaban J connectivity index is 0.000000700. The molecule has 0 fully saturated rings. The van der Waals surface area contributed by atoms with Gasteiger partial charge in [0.25, 0.3) is 0 Å². The zero-order chi connectivity index (χ0) is 32.1. The molecule has 0 saturated carbocycles. The van der Waals surface area contributed by atoms with Crippen molar-refractivity contribution in [2.75, 3.05) is 5.75 Å². The zero-order valence-electron chi connectivity index (χ0n) is 24.3. The molecule has 0 aliphatic carbocycles. The Morgan fingerprint density at radius 2 is 0.889 bits per heavy atom. The lowest BCUT2D eigenvalue weighted by Crippen LogP contribution is -2.38. The molecule has 5 aromatic rings. The van der Waals surface area contributed by atoms with Crippen LogP contribution in [0.2, 0.25) is 0 Å². The quantitative estimate of drug-likeness (QED) is 0.0915. The number of benzene rings is 5. The lowest BCUT2D eigenvalue weighted by atomic mass is 9.84. The summed E-state index contributed by atoms with van der Waals surface area (Å²) in [6, 6.07) is 49.9. The van der Waals surface area contributed by atoms with Gasteiger partial charge in [-0.2, -0.15) is 0 Å². The minimum atomic E-state index is -1.82. The molecule has 1 atom stereocenters. The maximum absolute atomic E-state index is 13.5. The second-order valence-corrected chi connectivity index (χ2v) is 11.2. The highest BCUT2D eigenvalue weighted by atomic mass is 32.2. The normalized spacial score (nSPS) is 11.5. The number of hydrogen-bond donors (Lipinski definition) is 3. The molecule has 4 N–H and O–H groups in total. The van der Waals surface area contributed by atoms with Crippen molar-refractivity contribution in [1.29, 1.82) is 0 Å². The molecule has 0 radical (unpaired) electrons. The van der Waals surface area contributed by atoms with E-state index in [1.807, 2.05) is 78.9 Å². The summed E-state index contributed by atoms with van der Waals surface area (Å²) in [4.78, 5) is 31.7. The second kappa shape index (κ2) is 16.0. The summed E-state index contributed by atoms with van der Waals surface area (Å²) >= 11 is 1.66. The first kappa shape index (κ1) is 32.7. The maximum Gasteiger partial charge on any atom is 0.414 e. The minimum Gasteiger partial charge on any atom is -0.473 e. The number of nitrogens with two attached hydrogens (primary N) is 1. The molecule has 0 heterocycles. The number of ether oxygens (including phenoxy) is 1. The Morgan fingerprint density at radius 1 is 0.578 bits per heavy atom. The van der Waals surface area contributed by atoms with Crippen LogP contribution in [0.15, 0.2) is 152 Å². The van der Waals surface area contributed by atoms with E-state index in [1.54, 1.807) is 11.8 Å². The fourth-order valence-corrected chi connectivity index (χ4v) is 6.31. The molecule has 0 aliphatic heterocycles. The van der Waals surface area contributed by atoms with Gasteiger partial charge in [0.2, 0.25) is 0 Å². The van der Waals surface area contributed by atoms with Gasteiger partial charge in [0.1, 0.15) is 6.04 Å². The highest BCUT2D eigenvalue weighted by Gasteiger charge is 2.38. The Labute approximate surface area is 266 Å². The molecule has 8 heteroatoms. The number of carboxylic acid groups (broad SMARTS) is 2. The first-order valence-corrected chi connectivity index (χ1v) is 15.1. The smallest absolute Gasteiger partial charge is 0.414 e. The van der Waals surface area contributed by atoms with Crippen molar-refractivity contribution in [2.45, 2.75) is 16.9 Å². The summed E-state index contributed by atoms with van der Waals surface area (Å²) in [6.07, 6.45) is -0.530. The first-order valence-electron chi connectivity index (χ1n) is 14.2. The molecule has 0 aliphatic rings. The first-order chi connectivity index (χ1) is 21.8. The third-order valence-electron chi connectivity index (χ3n) is 6.94. The van der Waals surface area contributed by atoms with Gasteiger partial charge in [-0.25, -0.2) is 9.59 Å². The van der Waals surface area contributed by atoms with Crippen LogP contribution in [-0.4, -0.2) is 39.9 Å². The van der Waals surface area contributed by atoms with Crippen LogP contribution < -0.4 is 5.73 Å². The molecule has 45 heavy (non-hydrogen) atoms. The molecular formula is C37H33NO6S. The van der Waals surface area contributed by atoms with E-state index in [9.17, 15) is 4.79 Å². The molecule has 228 valence electrons. The van der Waals surface area contributed by atoms with Gasteiger partial charge in [-0.15, -0.1) is 11.8 Å². The molecule has 5 aromatic carbocycles. The van der Waals surface area contributed by atoms with Gasteiger partial charge in [0.15, 0.2) is 6.10 Å². The number of carbonyl (C=O) groups excluding carboxylic acids is 1. The SMILES string of the molecule is NC(CSC(c1ccccc1)(c1ccccc1)c1ccccc1)C(=O)OC(c1ccccc1)c1ccccc1.O=C(O)C(=O)O. The van der Waals surface area contributed by atoms with Gasteiger partial charge in [0, 0.05) is 5.75 Å². The molecule has 0 spiro atoms. The van der Waals surface area contributed by atoms with Crippen molar-refractivity contribution in [3.8, 4) is 0 Å². The van der Waals surface area contributed by atoms with Crippen LogP contribution in [0.5, 0.6) is 0 Å².